The Hall–Kier alpha value is -3.60. The van der Waals surface area contributed by atoms with Crippen molar-refractivity contribution in [2.24, 2.45) is 0 Å². The first-order valence-electron chi connectivity index (χ1n) is 11.4. The number of hydrogen-bond acceptors (Lipinski definition) is 8. The minimum atomic E-state index is -0.233. The van der Waals surface area contributed by atoms with Gasteiger partial charge in [-0.15, -0.1) is 23.1 Å². The van der Waals surface area contributed by atoms with Gasteiger partial charge >= 0.3 is 0 Å². The smallest absolute Gasteiger partial charge is 0.226 e. The summed E-state index contributed by atoms with van der Waals surface area (Å²) in [6, 6.07) is 17.1. The molecule has 190 valence electrons. The number of thiazole rings is 1. The first-order valence-corrected chi connectivity index (χ1v) is 14.0. The Morgan fingerprint density at radius 2 is 1.76 bits per heavy atom. The lowest BCUT2D eigenvalue weighted by molar-refractivity contribution is -0.115. The predicted molar refractivity (Wildman–Crippen MR) is 154 cm³/mol. The number of carbonyl (C=O) groups is 1. The average molecular weight is 580 g/mol. The molecule has 2 heterocycles. The molecule has 0 aliphatic heterocycles. The predicted octanol–water partition coefficient (Wildman–Crippen LogP) is 7.19. The number of nitrogens with zero attached hydrogens (tertiary/aromatic N) is 4. The van der Waals surface area contributed by atoms with Crippen LogP contribution in [0, 0.1) is 22.7 Å². The van der Waals surface area contributed by atoms with E-state index >= 15 is 0 Å². The highest BCUT2D eigenvalue weighted by Gasteiger charge is 2.21. The van der Waals surface area contributed by atoms with Gasteiger partial charge in [0.2, 0.25) is 5.91 Å². The van der Waals surface area contributed by atoms with Gasteiger partial charge in [0.15, 0.2) is 5.13 Å². The summed E-state index contributed by atoms with van der Waals surface area (Å²) >= 11 is 14.6. The Morgan fingerprint density at radius 3 is 2.42 bits per heavy atom. The van der Waals surface area contributed by atoms with Gasteiger partial charge in [-0.05, 0) is 29.7 Å². The molecule has 0 saturated heterocycles. The lowest BCUT2D eigenvalue weighted by Gasteiger charge is -2.13. The Labute approximate surface area is 238 Å². The summed E-state index contributed by atoms with van der Waals surface area (Å²) in [5, 5.41) is 26.0. The number of anilines is 2. The standard InChI is InChI=1S/C27H20Cl2N6OS2/c1-2-15-3-5-16(6-4-15)24-18(12-30)25(32)35-26(19(24)13-31)37-10-9-23(36)34-27-33-22(14-38-27)17-7-8-20(28)21(29)11-17/h3-8,11,14H,2,9-10H2,1H3,(H2,32,35)(H,33,34,36). The largest absolute Gasteiger partial charge is 0.383 e. The zero-order chi connectivity index (χ0) is 27.2. The van der Waals surface area contributed by atoms with Crippen LogP contribution in [0.3, 0.4) is 0 Å². The number of halogens is 2. The highest BCUT2D eigenvalue weighted by atomic mass is 35.5. The third-order valence-corrected chi connectivity index (χ3v) is 8.07. The van der Waals surface area contributed by atoms with Crippen LogP contribution in [-0.4, -0.2) is 21.6 Å². The van der Waals surface area contributed by atoms with Crippen LogP contribution in [0.1, 0.15) is 30.0 Å². The molecule has 0 aliphatic carbocycles. The van der Waals surface area contributed by atoms with Gasteiger partial charge in [-0.2, -0.15) is 10.5 Å². The van der Waals surface area contributed by atoms with E-state index in [-0.39, 0.29) is 29.3 Å². The van der Waals surface area contributed by atoms with Crippen molar-refractivity contribution in [3.05, 3.63) is 74.6 Å². The number of aryl methyl sites for hydroxylation is 1. The molecule has 2 aromatic carbocycles. The number of hydrogen-bond donors (Lipinski definition) is 2. The highest BCUT2D eigenvalue weighted by molar-refractivity contribution is 7.99. The van der Waals surface area contributed by atoms with Crippen LogP contribution in [0.15, 0.2) is 52.9 Å². The minimum absolute atomic E-state index is 0.0469. The number of amides is 1. The highest BCUT2D eigenvalue weighted by Crippen LogP contribution is 2.36. The molecule has 3 N–H and O–H groups in total. The van der Waals surface area contributed by atoms with Gasteiger partial charge in [0.05, 0.1) is 21.3 Å². The second-order valence-electron chi connectivity index (χ2n) is 8.01. The molecule has 1 amide bonds. The first kappa shape index (κ1) is 27.4. The summed E-state index contributed by atoms with van der Waals surface area (Å²) in [6.45, 7) is 2.05. The Balaban J connectivity index is 1.46. The van der Waals surface area contributed by atoms with Crippen LogP contribution in [0.2, 0.25) is 10.0 Å². The molecule has 38 heavy (non-hydrogen) atoms. The monoisotopic (exact) mass is 578 g/mol. The van der Waals surface area contributed by atoms with E-state index in [1.165, 1.54) is 23.1 Å². The normalized spacial score (nSPS) is 10.6. The topological polar surface area (TPSA) is 128 Å². The van der Waals surface area contributed by atoms with Crippen LogP contribution in [-0.2, 0) is 11.2 Å². The summed E-state index contributed by atoms with van der Waals surface area (Å²) < 4.78 is 0. The number of pyridine rings is 1. The van der Waals surface area contributed by atoms with Crippen molar-refractivity contribution in [3.8, 4) is 34.5 Å². The van der Waals surface area contributed by atoms with E-state index < -0.39 is 0 Å². The molecule has 4 aromatic rings. The summed E-state index contributed by atoms with van der Waals surface area (Å²) in [4.78, 5) is 21.3. The fourth-order valence-electron chi connectivity index (χ4n) is 3.64. The molecule has 0 radical (unpaired) electrons. The average Bonchev–Trinajstić information content (AvgIpc) is 3.38. The number of carbonyl (C=O) groups excluding carboxylic acids is 1. The quantitative estimate of drug-likeness (QED) is 0.212. The molecule has 0 fully saturated rings. The van der Waals surface area contributed by atoms with E-state index in [4.69, 9.17) is 28.9 Å². The number of benzene rings is 2. The molecule has 0 bridgehead atoms. The molecule has 0 atom stereocenters. The van der Waals surface area contributed by atoms with Gasteiger partial charge in [-0.1, -0.05) is 60.5 Å². The number of nitriles is 2. The number of thioether (sulfide) groups is 1. The molecular formula is C27H20Cl2N6OS2. The Bertz CT molecular complexity index is 1590. The fourth-order valence-corrected chi connectivity index (χ4v) is 5.61. The van der Waals surface area contributed by atoms with E-state index in [2.05, 4.69) is 34.3 Å². The van der Waals surface area contributed by atoms with Crippen LogP contribution < -0.4 is 11.1 Å². The molecule has 2 aromatic heterocycles. The van der Waals surface area contributed by atoms with E-state index in [1.807, 2.05) is 29.6 Å². The second kappa shape index (κ2) is 12.3. The molecule has 11 heteroatoms. The maximum atomic E-state index is 12.6. The summed E-state index contributed by atoms with van der Waals surface area (Å²) in [6.07, 6.45) is 1.02. The van der Waals surface area contributed by atoms with Gasteiger partial charge < -0.3 is 11.1 Å². The molecule has 0 saturated carbocycles. The SMILES string of the molecule is CCc1ccc(-c2c(C#N)c(N)nc(SCCC(=O)Nc3nc(-c4ccc(Cl)c(Cl)c4)cs3)c2C#N)cc1. The number of rotatable bonds is 8. The maximum Gasteiger partial charge on any atom is 0.226 e. The lowest BCUT2D eigenvalue weighted by Crippen LogP contribution is -2.12. The van der Waals surface area contributed by atoms with Crippen LogP contribution in [0.25, 0.3) is 22.4 Å². The third kappa shape index (κ3) is 6.09. The zero-order valence-corrected chi connectivity index (χ0v) is 23.2. The van der Waals surface area contributed by atoms with Crippen molar-refractivity contribution in [3.63, 3.8) is 0 Å². The zero-order valence-electron chi connectivity index (χ0n) is 20.1. The van der Waals surface area contributed by atoms with Crippen LogP contribution >= 0.6 is 46.3 Å². The number of nitrogen functional groups attached to an aromatic ring is 1. The Kier molecular flexibility index (Phi) is 8.88. The maximum absolute atomic E-state index is 12.6. The lowest BCUT2D eigenvalue weighted by atomic mass is 9.96. The Morgan fingerprint density at radius 1 is 1.05 bits per heavy atom. The first-order chi connectivity index (χ1) is 18.3. The van der Waals surface area contributed by atoms with Crippen molar-refractivity contribution < 1.29 is 4.79 Å². The second-order valence-corrected chi connectivity index (χ2v) is 10.8. The van der Waals surface area contributed by atoms with Gasteiger partial charge in [-0.3, -0.25) is 4.79 Å². The van der Waals surface area contributed by atoms with Gasteiger partial charge in [0.25, 0.3) is 0 Å². The molecule has 0 unspecified atom stereocenters. The van der Waals surface area contributed by atoms with Crippen molar-refractivity contribution in [2.45, 2.75) is 24.8 Å². The van der Waals surface area contributed by atoms with Crippen LogP contribution in [0.4, 0.5) is 10.9 Å². The van der Waals surface area contributed by atoms with Gasteiger partial charge in [0.1, 0.15) is 28.5 Å². The number of nitrogens with two attached hydrogens (primary N) is 1. The van der Waals surface area contributed by atoms with Crippen molar-refractivity contribution in [1.82, 2.24) is 9.97 Å². The summed E-state index contributed by atoms with van der Waals surface area (Å²) in [7, 11) is 0. The van der Waals surface area contributed by atoms with E-state index in [0.717, 1.165) is 17.5 Å². The molecule has 4 rings (SSSR count). The minimum Gasteiger partial charge on any atom is -0.383 e. The summed E-state index contributed by atoms with van der Waals surface area (Å²) in [5.74, 6) is 0.159. The fraction of sp³-hybridized carbons (Fsp3) is 0.148. The molecule has 0 spiro atoms. The third-order valence-electron chi connectivity index (χ3n) is 5.60. The van der Waals surface area contributed by atoms with Crippen molar-refractivity contribution in [1.29, 1.82) is 10.5 Å². The van der Waals surface area contributed by atoms with Crippen LogP contribution in [0.5, 0.6) is 0 Å². The van der Waals surface area contributed by atoms with E-state index in [0.29, 0.717) is 42.8 Å². The van der Waals surface area contributed by atoms with E-state index in [9.17, 15) is 15.3 Å². The van der Waals surface area contributed by atoms with Crippen molar-refractivity contribution >= 4 is 63.2 Å². The molecule has 0 aliphatic rings. The number of aromatic nitrogens is 2. The van der Waals surface area contributed by atoms with E-state index in [1.54, 1.807) is 18.2 Å². The number of nitrogens with one attached hydrogen (secondary N) is 1. The molecule has 7 nitrogen and oxygen atoms in total. The van der Waals surface area contributed by atoms with Gasteiger partial charge in [0, 0.05) is 28.7 Å². The van der Waals surface area contributed by atoms with Gasteiger partial charge in [-0.25, -0.2) is 9.97 Å². The van der Waals surface area contributed by atoms with Crippen molar-refractivity contribution in [2.75, 3.05) is 16.8 Å². The molecular weight excluding hydrogens is 559 g/mol. The summed E-state index contributed by atoms with van der Waals surface area (Å²) in [5.41, 5.74) is 10.3.